The van der Waals surface area contributed by atoms with Crippen molar-refractivity contribution in [1.29, 1.82) is 0 Å². The normalized spacial score (nSPS) is 9.94. The van der Waals surface area contributed by atoms with Crippen molar-refractivity contribution in [2.45, 2.75) is 0 Å². The average Bonchev–Trinajstić information content (AvgIpc) is 2.32. The average molecular weight is 248 g/mol. The third-order valence-corrected chi connectivity index (χ3v) is 2.41. The summed E-state index contributed by atoms with van der Waals surface area (Å²) in [6.45, 7) is 0. The van der Waals surface area contributed by atoms with Crippen LogP contribution >= 0.6 is 11.6 Å². The van der Waals surface area contributed by atoms with Crippen LogP contribution in [-0.2, 0) is 0 Å². The van der Waals surface area contributed by atoms with Crippen molar-refractivity contribution in [3.63, 3.8) is 0 Å². The first kappa shape index (κ1) is 11.4. The Morgan fingerprint density at radius 3 is 2.82 bits per heavy atom. The van der Waals surface area contributed by atoms with Crippen LogP contribution in [0.1, 0.15) is 10.4 Å². The molecule has 0 radical (unpaired) electrons. The van der Waals surface area contributed by atoms with Crippen LogP contribution in [0.15, 0.2) is 42.6 Å². The molecule has 0 aliphatic rings. The van der Waals surface area contributed by atoms with Crippen molar-refractivity contribution in [2.75, 3.05) is 11.1 Å². The Morgan fingerprint density at radius 1 is 1.29 bits per heavy atom. The summed E-state index contributed by atoms with van der Waals surface area (Å²) in [7, 11) is 0. The van der Waals surface area contributed by atoms with Crippen molar-refractivity contribution in [3.05, 3.63) is 53.2 Å². The molecule has 2 rings (SSSR count). The number of aromatic nitrogens is 1. The number of halogens is 1. The van der Waals surface area contributed by atoms with Gasteiger partial charge in [-0.15, -0.1) is 0 Å². The number of amides is 1. The van der Waals surface area contributed by atoms with E-state index in [1.165, 1.54) is 0 Å². The molecule has 0 atom stereocenters. The molecule has 1 amide bonds. The second kappa shape index (κ2) is 4.84. The van der Waals surface area contributed by atoms with Crippen LogP contribution in [0.5, 0.6) is 0 Å². The van der Waals surface area contributed by atoms with Gasteiger partial charge in [0, 0.05) is 16.8 Å². The highest BCUT2D eigenvalue weighted by Crippen LogP contribution is 2.16. The van der Waals surface area contributed by atoms with Crippen LogP contribution in [0.25, 0.3) is 0 Å². The van der Waals surface area contributed by atoms with E-state index in [9.17, 15) is 4.79 Å². The van der Waals surface area contributed by atoms with Gasteiger partial charge in [-0.2, -0.15) is 0 Å². The predicted molar refractivity (Wildman–Crippen MR) is 68.1 cm³/mol. The van der Waals surface area contributed by atoms with E-state index in [0.717, 1.165) is 0 Å². The summed E-state index contributed by atoms with van der Waals surface area (Å²) in [6.07, 6.45) is 1.56. The molecule has 1 aromatic heterocycles. The second-order valence-corrected chi connectivity index (χ2v) is 3.84. The Morgan fingerprint density at radius 2 is 2.12 bits per heavy atom. The number of carbonyl (C=O) groups excluding carboxylic acids is 1. The first-order valence-corrected chi connectivity index (χ1v) is 5.32. The van der Waals surface area contributed by atoms with Gasteiger partial charge in [0.15, 0.2) is 0 Å². The zero-order valence-electron chi connectivity index (χ0n) is 8.85. The number of benzene rings is 1. The topological polar surface area (TPSA) is 68.0 Å². The molecule has 1 heterocycles. The van der Waals surface area contributed by atoms with E-state index in [1.54, 1.807) is 42.6 Å². The molecule has 1 aromatic carbocycles. The minimum absolute atomic E-state index is 0.271. The minimum atomic E-state index is -0.271. The number of hydrogen-bond donors (Lipinski definition) is 2. The Bertz CT molecular complexity index is 557. The molecule has 0 aliphatic heterocycles. The quantitative estimate of drug-likeness (QED) is 0.857. The number of nitrogens with one attached hydrogen (secondary N) is 1. The number of hydrogen-bond acceptors (Lipinski definition) is 3. The molecule has 2 aromatic rings. The summed E-state index contributed by atoms with van der Waals surface area (Å²) < 4.78 is 0. The van der Waals surface area contributed by atoms with E-state index in [-0.39, 0.29) is 11.7 Å². The van der Waals surface area contributed by atoms with Gasteiger partial charge in [0.2, 0.25) is 0 Å². The Hall–Kier alpha value is -2.07. The number of anilines is 2. The van der Waals surface area contributed by atoms with Crippen LogP contribution in [0.3, 0.4) is 0 Å². The molecule has 4 nitrogen and oxygen atoms in total. The van der Waals surface area contributed by atoms with Crippen molar-refractivity contribution < 1.29 is 4.79 Å². The van der Waals surface area contributed by atoms with E-state index in [2.05, 4.69) is 10.3 Å². The molecule has 0 bridgehead atoms. The summed E-state index contributed by atoms with van der Waals surface area (Å²) in [5, 5.41) is 3.18. The molecule has 0 unspecified atom stereocenters. The van der Waals surface area contributed by atoms with Crippen LogP contribution in [0, 0.1) is 0 Å². The molecule has 0 aliphatic carbocycles. The van der Waals surface area contributed by atoms with Gasteiger partial charge < -0.3 is 11.1 Å². The van der Waals surface area contributed by atoms with E-state index in [1.807, 2.05) is 0 Å². The molecular formula is C12H10ClN3O. The summed E-state index contributed by atoms with van der Waals surface area (Å²) in [5.41, 5.74) is 6.58. The smallest absolute Gasteiger partial charge is 0.255 e. The molecular weight excluding hydrogens is 238 g/mol. The lowest BCUT2D eigenvalue weighted by molar-refractivity contribution is 0.102. The highest BCUT2D eigenvalue weighted by Gasteiger charge is 2.08. The molecule has 0 saturated heterocycles. The van der Waals surface area contributed by atoms with E-state index in [0.29, 0.717) is 16.3 Å². The maximum atomic E-state index is 11.9. The summed E-state index contributed by atoms with van der Waals surface area (Å²) in [4.78, 5) is 15.7. The van der Waals surface area contributed by atoms with Crippen LogP contribution in [-0.4, -0.2) is 10.9 Å². The maximum Gasteiger partial charge on any atom is 0.255 e. The van der Waals surface area contributed by atoms with Gasteiger partial charge in [-0.25, -0.2) is 4.98 Å². The lowest BCUT2D eigenvalue weighted by Gasteiger charge is -2.06. The zero-order valence-corrected chi connectivity index (χ0v) is 9.61. The SMILES string of the molecule is Nc1ncccc1NC(=O)c1cccc(Cl)c1. The number of nitrogens with two attached hydrogens (primary N) is 1. The molecule has 0 spiro atoms. The summed E-state index contributed by atoms with van der Waals surface area (Å²) in [5.74, 6) is 0.00933. The zero-order chi connectivity index (χ0) is 12.3. The van der Waals surface area contributed by atoms with Gasteiger partial charge in [-0.05, 0) is 30.3 Å². The van der Waals surface area contributed by atoms with Crippen LogP contribution < -0.4 is 11.1 Å². The van der Waals surface area contributed by atoms with E-state index < -0.39 is 0 Å². The molecule has 3 N–H and O–H groups in total. The van der Waals surface area contributed by atoms with Gasteiger partial charge in [0.05, 0.1) is 5.69 Å². The fourth-order valence-electron chi connectivity index (χ4n) is 1.35. The van der Waals surface area contributed by atoms with Crippen LogP contribution in [0.2, 0.25) is 5.02 Å². The lowest BCUT2D eigenvalue weighted by Crippen LogP contribution is -2.13. The second-order valence-electron chi connectivity index (χ2n) is 3.40. The van der Waals surface area contributed by atoms with Crippen molar-refractivity contribution >= 4 is 29.0 Å². The maximum absolute atomic E-state index is 11.9. The Labute approximate surface area is 103 Å². The third kappa shape index (κ3) is 2.73. The number of carbonyl (C=O) groups is 1. The lowest BCUT2D eigenvalue weighted by atomic mass is 10.2. The highest BCUT2D eigenvalue weighted by molar-refractivity contribution is 6.31. The molecule has 5 heteroatoms. The number of nitrogens with zero attached hydrogens (tertiary/aromatic N) is 1. The highest BCUT2D eigenvalue weighted by atomic mass is 35.5. The number of nitrogen functional groups attached to an aromatic ring is 1. The fourth-order valence-corrected chi connectivity index (χ4v) is 1.54. The first-order chi connectivity index (χ1) is 8.16. The van der Waals surface area contributed by atoms with Gasteiger partial charge in [0.25, 0.3) is 5.91 Å². The van der Waals surface area contributed by atoms with E-state index >= 15 is 0 Å². The van der Waals surface area contributed by atoms with Gasteiger partial charge >= 0.3 is 0 Å². The van der Waals surface area contributed by atoms with Gasteiger partial charge in [0.1, 0.15) is 5.82 Å². The fraction of sp³-hybridized carbons (Fsp3) is 0. The Balaban J connectivity index is 2.20. The molecule has 17 heavy (non-hydrogen) atoms. The van der Waals surface area contributed by atoms with Gasteiger partial charge in [-0.1, -0.05) is 17.7 Å². The number of pyridine rings is 1. The third-order valence-electron chi connectivity index (χ3n) is 2.17. The Kier molecular flexibility index (Phi) is 3.25. The first-order valence-electron chi connectivity index (χ1n) is 4.94. The monoisotopic (exact) mass is 247 g/mol. The number of rotatable bonds is 2. The minimum Gasteiger partial charge on any atom is -0.382 e. The van der Waals surface area contributed by atoms with Gasteiger partial charge in [-0.3, -0.25) is 4.79 Å². The predicted octanol–water partition coefficient (Wildman–Crippen LogP) is 2.57. The van der Waals surface area contributed by atoms with Crippen molar-refractivity contribution in [2.24, 2.45) is 0 Å². The summed E-state index contributed by atoms with van der Waals surface area (Å²) in [6, 6.07) is 10.1. The largest absolute Gasteiger partial charge is 0.382 e. The molecule has 0 fully saturated rings. The summed E-state index contributed by atoms with van der Waals surface area (Å²) >= 11 is 5.81. The van der Waals surface area contributed by atoms with Crippen LogP contribution in [0.4, 0.5) is 11.5 Å². The molecule has 0 saturated carbocycles. The van der Waals surface area contributed by atoms with Crippen molar-refractivity contribution in [3.8, 4) is 0 Å². The standard InChI is InChI=1S/C12H10ClN3O/c13-9-4-1-3-8(7-9)12(17)16-10-5-2-6-15-11(10)14/h1-7H,(H2,14,15)(H,16,17). The molecule has 86 valence electrons. The van der Waals surface area contributed by atoms with Crippen molar-refractivity contribution in [1.82, 2.24) is 4.98 Å². The van der Waals surface area contributed by atoms with E-state index in [4.69, 9.17) is 17.3 Å².